The lowest BCUT2D eigenvalue weighted by atomic mass is 9.92. The maximum absolute atomic E-state index is 9.17. The molecule has 0 aliphatic carbocycles. The summed E-state index contributed by atoms with van der Waals surface area (Å²) in [7, 11) is 0. The molecule has 3 rings (SSSR count). The van der Waals surface area contributed by atoms with Crippen molar-refractivity contribution in [3.8, 4) is 28.3 Å². The molecule has 4 N–H and O–H groups in total. The van der Waals surface area contributed by atoms with Crippen molar-refractivity contribution in [2.45, 2.75) is 20.8 Å². The molecule has 0 bridgehead atoms. The van der Waals surface area contributed by atoms with Crippen molar-refractivity contribution in [3.05, 3.63) is 52.9 Å². The molecular formula is C19H18N4O. The van der Waals surface area contributed by atoms with Gasteiger partial charge in [0.25, 0.3) is 0 Å². The summed E-state index contributed by atoms with van der Waals surface area (Å²) in [4.78, 5) is 0. The number of nitrogen functional groups attached to an aromatic ring is 2. The summed E-state index contributed by atoms with van der Waals surface area (Å²) in [6.07, 6.45) is 0. The fraction of sp³-hybridized carbons (Fsp3) is 0.158. The molecule has 0 saturated carbocycles. The highest BCUT2D eigenvalue weighted by Crippen LogP contribution is 2.38. The van der Waals surface area contributed by atoms with Crippen molar-refractivity contribution < 1.29 is 4.52 Å². The van der Waals surface area contributed by atoms with Crippen LogP contribution in [0.15, 0.2) is 34.9 Å². The molecule has 0 amide bonds. The van der Waals surface area contributed by atoms with Gasteiger partial charge < -0.3 is 16.0 Å². The number of benzene rings is 2. The summed E-state index contributed by atoms with van der Waals surface area (Å²) < 4.78 is 5.26. The molecule has 5 nitrogen and oxygen atoms in total. The first-order valence-electron chi connectivity index (χ1n) is 7.55. The lowest BCUT2D eigenvalue weighted by Gasteiger charge is -2.14. The number of nitrogens with zero attached hydrogens (tertiary/aromatic N) is 2. The summed E-state index contributed by atoms with van der Waals surface area (Å²) in [5.41, 5.74) is 19.3. The van der Waals surface area contributed by atoms with Gasteiger partial charge in [-0.25, -0.2) is 0 Å². The Labute approximate surface area is 140 Å². The summed E-state index contributed by atoms with van der Waals surface area (Å²) in [5, 5.41) is 13.2. The van der Waals surface area contributed by atoms with Crippen molar-refractivity contribution in [2.75, 3.05) is 11.5 Å². The van der Waals surface area contributed by atoms with Crippen LogP contribution in [0.1, 0.15) is 22.6 Å². The number of aromatic nitrogens is 1. The SMILES string of the molecule is Cc1ccc(C#N)cc1-c1cc(-c2c(C)noc2C)cc(N)c1N. The molecule has 3 aromatic rings. The number of aryl methyl sites for hydroxylation is 3. The van der Waals surface area contributed by atoms with Crippen LogP contribution in [0.25, 0.3) is 22.3 Å². The van der Waals surface area contributed by atoms with Crippen molar-refractivity contribution in [1.82, 2.24) is 5.16 Å². The Kier molecular flexibility index (Phi) is 3.74. The second-order valence-electron chi connectivity index (χ2n) is 5.87. The van der Waals surface area contributed by atoms with Crippen LogP contribution in [0.4, 0.5) is 11.4 Å². The van der Waals surface area contributed by atoms with Gasteiger partial charge in [0, 0.05) is 11.1 Å². The molecule has 0 saturated heterocycles. The van der Waals surface area contributed by atoms with E-state index in [-0.39, 0.29) is 0 Å². The van der Waals surface area contributed by atoms with Crippen LogP contribution in [0.2, 0.25) is 0 Å². The van der Waals surface area contributed by atoms with Gasteiger partial charge in [-0.05, 0) is 61.7 Å². The second kappa shape index (κ2) is 5.74. The van der Waals surface area contributed by atoms with Gasteiger partial charge in [0.1, 0.15) is 5.76 Å². The van der Waals surface area contributed by atoms with E-state index in [0.717, 1.165) is 39.3 Å². The van der Waals surface area contributed by atoms with Gasteiger partial charge in [0.2, 0.25) is 0 Å². The molecule has 24 heavy (non-hydrogen) atoms. The van der Waals surface area contributed by atoms with Crippen molar-refractivity contribution >= 4 is 11.4 Å². The fourth-order valence-electron chi connectivity index (χ4n) is 2.92. The highest BCUT2D eigenvalue weighted by Gasteiger charge is 2.16. The van der Waals surface area contributed by atoms with E-state index in [2.05, 4.69) is 11.2 Å². The summed E-state index contributed by atoms with van der Waals surface area (Å²) in [5.74, 6) is 0.727. The zero-order valence-corrected chi connectivity index (χ0v) is 13.8. The maximum atomic E-state index is 9.17. The number of hydrogen-bond donors (Lipinski definition) is 2. The average molecular weight is 318 g/mol. The molecule has 120 valence electrons. The van der Waals surface area contributed by atoms with Gasteiger partial charge in [-0.3, -0.25) is 0 Å². The highest BCUT2D eigenvalue weighted by atomic mass is 16.5. The fourth-order valence-corrected chi connectivity index (χ4v) is 2.92. The molecule has 1 aromatic heterocycles. The minimum atomic E-state index is 0.490. The maximum Gasteiger partial charge on any atom is 0.141 e. The molecule has 0 fully saturated rings. The van der Waals surface area contributed by atoms with E-state index in [9.17, 15) is 5.26 Å². The molecule has 1 heterocycles. The van der Waals surface area contributed by atoms with Crippen LogP contribution in [0.3, 0.4) is 0 Å². The lowest BCUT2D eigenvalue weighted by Crippen LogP contribution is -2.00. The Morgan fingerprint density at radius 1 is 1.04 bits per heavy atom. The normalized spacial score (nSPS) is 10.6. The Morgan fingerprint density at radius 2 is 1.79 bits per heavy atom. The van der Waals surface area contributed by atoms with Gasteiger partial charge in [0.15, 0.2) is 0 Å². The van der Waals surface area contributed by atoms with E-state index < -0.39 is 0 Å². The zero-order chi connectivity index (χ0) is 17.4. The third-order valence-corrected chi connectivity index (χ3v) is 4.19. The molecule has 5 heteroatoms. The van der Waals surface area contributed by atoms with Crippen molar-refractivity contribution in [3.63, 3.8) is 0 Å². The van der Waals surface area contributed by atoms with Gasteiger partial charge in [-0.1, -0.05) is 11.2 Å². The van der Waals surface area contributed by atoms with Crippen LogP contribution >= 0.6 is 0 Å². The van der Waals surface area contributed by atoms with Gasteiger partial charge in [-0.2, -0.15) is 5.26 Å². The number of nitrogens with two attached hydrogens (primary N) is 2. The topological polar surface area (TPSA) is 102 Å². The van der Waals surface area contributed by atoms with Crippen molar-refractivity contribution in [2.24, 2.45) is 0 Å². The predicted octanol–water partition coefficient (Wildman–Crippen LogP) is 3.97. The Balaban J connectivity index is 2.29. The van der Waals surface area contributed by atoms with E-state index >= 15 is 0 Å². The summed E-state index contributed by atoms with van der Waals surface area (Å²) >= 11 is 0. The van der Waals surface area contributed by atoms with Crippen LogP contribution in [0.5, 0.6) is 0 Å². The molecule has 0 radical (unpaired) electrons. The Morgan fingerprint density at radius 3 is 2.42 bits per heavy atom. The van der Waals surface area contributed by atoms with Crippen LogP contribution in [-0.4, -0.2) is 5.16 Å². The van der Waals surface area contributed by atoms with E-state index in [1.807, 2.05) is 45.0 Å². The van der Waals surface area contributed by atoms with Gasteiger partial charge >= 0.3 is 0 Å². The Bertz CT molecular complexity index is 960. The Hall–Kier alpha value is -3.26. The molecule has 2 aromatic carbocycles. The van der Waals surface area contributed by atoms with E-state index in [1.54, 1.807) is 6.07 Å². The van der Waals surface area contributed by atoms with Crippen molar-refractivity contribution in [1.29, 1.82) is 5.26 Å². The summed E-state index contributed by atoms with van der Waals surface area (Å²) in [6.45, 7) is 5.73. The first-order chi connectivity index (χ1) is 11.4. The molecule has 0 aliphatic heterocycles. The van der Waals surface area contributed by atoms with E-state index in [1.165, 1.54) is 0 Å². The monoisotopic (exact) mass is 318 g/mol. The standard InChI is InChI=1S/C19H18N4O/c1-10-4-5-13(9-20)6-15(10)16-7-14(8-17(21)19(16)22)18-11(2)23-24-12(18)3/h4-8H,21-22H2,1-3H3. The second-order valence-corrected chi connectivity index (χ2v) is 5.87. The summed E-state index contributed by atoms with van der Waals surface area (Å²) in [6, 6.07) is 11.5. The van der Waals surface area contributed by atoms with Gasteiger partial charge in [-0.15, -0.1) is 0 Å². The van der Waals surface area contributed by atoms with E-state index in [4.69, 9.17) is 16.0 Å². The van der Waals surface area contributed by atoms with Crippen LogP contribution in [0, 0.1) is 32.1 Å². The molecule has 0 atom stereocenters. The molecular weight excluding hydrogens is 300 g/mol. The van der Waals surface area contributed by atoms with E-state index in [0.29, 0.717) is 16.9 Å². The molecule has 0 unspecified atom stereocenters. The number of nitriles is 1. The lowest BCUT2D eigenvalue weighted by molar-refractivity contribution is 0.393. The third kappa shape index (κ3) is 2.48. The van der Waals surface area contributed by atoms with Crippen LogP contribution in [-0.2, 0) is 0 Å². The smallest absolute Gasteiger partial charge is 0.141 e. The zero-order valence-electron chi connectivity index (χ0n) is 13.8. The third-order valence-electron chi connectivity index (χ3n) is 4.19. The largest absolute Gasteiger partial charge is 0.397 e. The minimum absolute atomic E-state index is 0.490. The quantitative estimate of drug-likeness (QED) is 0.696. The first-order valence-corrected chi connectivity index (χ1v) is 7.55. The number of hydrogen-bond acceptors (Lipinski definition) is 5. The molecule has 0 spiro atoms. The van der Waals surface area contributed by atoms with Gasteiger partial charge in [0.05, 0.1) is 28.7 Å². The highest BCUT2D eigenvalue weighted by molar-refractivity contribution is 5.91. The first kappa shape index (κ1) is 15.6. The van der Waals surface area contributed by atoms with Crippen LogP contribution < -0.4 is 11.5 Å². The number of anilines is 2. The predicted molar refractivity (Wildman–Crippen MR) is 95.1 cm³/mol. The average Bonchev–Trinajstić information content (AvgIpc) is 2.89. The minimum Gasteiger partial charge on any atom is -0.397 e. The molecule has 0 aliphatic rings. The number of rotatable bonds is 2.